The van der Waals surface area contributed by atoms with Gasteiger partial charge in [-0.1, -0.05) is 24.8 Å². The number of alkyl halides is 1. The molecule has 11 nitrogen and oxygen atoms in total. The molecule has 0 saturated carbocycles. The van der Waals surface area contributed by atoms with E-state index in [-0.39, 0.29) is 23.6 Å². The minimum absolute atomic E-state index is 0.213. The minimum Gasteiger partial charge on any atom is -0.462 e. The number of ether oxygens (including phenoxy) is 2. The number of nitrogens with one attached hydrogen (secondary N) is 2. The van der Waals surface area contributed by atoms with Gasteiger partial charge in [-0.15, -0.1) is 11.6 Å². The van der Waals surface area contributed by atoms with Gasteiger partial charge in [-0.25, -0.2) is 4.57 Å². The first-order valence-electron chi connectivity index (χ1n) is 11.3. The van der Waals surface area contributed by atoms with E-state index in [1.165, 1.54) is 24.1 Å². The van der Waals surface area contributed by atoms with Crippen molar-refractivity contribution in [3.63, 3.8) is 0 Å². The van der Waals surface area contributed by atoms with Crippen molar-refractivity contribution in [1.29, 1.82) is 0 Å². The number of aliphatic hydroxyl groups is 1. The highest BCUT2D eigenvalue weighted by molar-refractivity contribution is 7.52. The van der Waals surface area contributed by atoms with Crippen molar-refractivity contribution in [3.05, 3.63) is 55.0 Å². The van der Waals surface area contributed by atoms with Crippen molar-refractivity contribution >= 4 is 31.2 Å². The first-order valence-corrected chi connectivity index (χ1v) is 13.2. The van der Waals surface area contributed by atoms with Crippen LogP contribution in [-0.2, 0) is 28.2 Å². The minimum atomic E-state index is -4.17. The number of carbonyl (C=O) groups excluding carboxylic acids is 2. The number of amides is 1. The molecule has 2 aliphatic rings. The molecule has 1 saturated heterocycles. The maximum absolute atomic E-state index is 13.7. The highest BCUT2D eigenvalue weighted by Crippen LogP contribution is 2.47. The summed E-state index contributed by atoms with van der Waals surface area (Å²) in [5.41, 5.74) is 0. The lowest BCUT2D eigenvalue weighted by molar-refractivity contribution is -0.149. The van der Waals surface area contributed by atoms with Gasteiger partial charge in [0.05, 0.1) is 12.7 Å². The van der Waals surface area contributed by atoms with Crippen molar-refractivity contribution in [3.8, 4) is 5.75 Å². The van der Waals surface area contributed by atoms with Gasteiger partial charge in [-0.3, -0.25) is 14.1 Å². The number of benzene rings is 1. The summed E-state index contributed by atoms with van der Waals surface area (Å²) in [6.45, 7) is 9.78. The molecule has 0 bridgehead atoms. The van der Waals surface area contributed by atoms with Gasteiger partial charge in [0, 0.05) is 12.3 Å². The van der Waals surface area contributed by atoms with Crippen LogP contribution in [0.4, 0.5) is 0 Å². The van der Waals surface area contributed by atoms with Gasteiger partial charge in [0.1, 0.15) is 34.7 Å². The lowest BCUT2D eigenvalue weighted by Gasteiger charge is -2.36. The first-order chi connectivity index (χ1) is 16.8. The van der Waals surface area contributed by atoms with Gasteiger partial charge in [0.25, 0.3) is 5.91 Å². The Morgan fingerprint density at radius 1 is 1.36 bits per heavy atom. The SMILES string of the molecule is C=C1NC(=O)C=CN1C1OC(CO[P@](=O)(N[C@H](C)C(=O)OC(C)C)Oc2ccccc2)[C@@H](O)[C@@]1(C)Cl. The third-order valence-electron chi connectivity index (χ3n) is 5.37. The first kappa shape index (κ1) is 28.2. The summed E-state index contributed by atoms with van der Waals surface area (Å²) in [4.78, 5) is 24.0. The summed E-state index contributed by atoms with van der Waals surface area (Å²) < 4.78 is 36.0. The molecule has 1 aromatic carbocycles. The van der Waals surface area contributed by atoms with Crippen LogP contribution in [0.2, 0.25) is 0 Å². The number of hydrogen-bond acceptors (Lipinski definition) is 9. The smallest absolute Gasteiger partial charge is 0.459 e. The van der Waals surface area contributed by atoms with Crippen LogP contribution in [0.3, 0.4) is 0 Å². The summed E-state index contributed by atoms with van der Waals surface area (Å²) in [6.07, 6.45) is -0.907. The standard InChI is InChI=1S/C23H31ClN3O8P/c1-14(2)33-21(30)15(3)26-36(31,35-17-9-7-6-8-10-17)32-13-18-20(29)23(5,24)22(34-18)27-12-11-19(28)25-16(27)4/h6-12,14-15,18,20,22,29H,4,13H2,1-3,5H3,(H,25,28)(H,26,31)/t15-,18?,20-,22?,23-,36-/m1/s1. The molecule has 1 amide bonds. The summed E-state index contributed by atoms with van der Waals surface area (Å²) in [6, 6.07) is 7.23. The van der Waals surface area contributed by atoms with E-state index >= 15 is 0 Å². The zero-order valence-electron chi connectivity index (χ0n) is 20.4. The zero-order valence-corrected chi connectivity index (χ0v) is 22.1. The van der Waals surface area contributed by atoms with Crippen LogP contribution in [0.1, 0.15) is 27.7 Å². The molecule has 2 unspecified atom stereocenters. The lowest BCUT2D eigenvalue weighted by atomic mass is 10.0. The van der Waals surface area contributed by atoms with Crippen molar-refractivity contribution in [2.45, 2.75) is 63.2 Å². The number of rotatable bonds is 10. The fourth-order valence-corrected chi connectivity index (χ4v) is 5.36. The normalized spacial score (nSPS) is 28.5. The number of hydrogen-bond donors (Lipinski definition) is 3. The zero-order chi connectivity index (χ0) is 26.7. The second-order valence-corrected chi connectivity index (χ2v) is 11.3. The third kappa shape index (κ3) is 6.67. The molecule has 0 aliphatic carbocycles. The van der Waals surface area contributed by atoms with E-state index in [2.05, 4.69) is 17.0 Å². The fourth-order valence-electron chi connectivity index (χ4n) is 3.56. The lowest BCUT2D eigenvalue weighted by Crippen LogP contribution is -2.50. The number of nitrogens with zero attached hydrogens (tertiary/aromatic N) is 1. The van der Waals surface area contributed by atoms with Crippen LogP contribution in [0.15, 0.2) is 55.0 Å². The Hall–Kier alpha value is -2.40. The summed E-state index contributed by atoms with van der Waals surface area (Å²) in [5, 5.41) is 16.0. The molecule has 3 rings (SSSR count). The van der Waals surface area contributed by atoms with Crippen LogP contribution in [0.5, 0.6) is 5.75 Å². The van der Waals surface area contributed by atoms with Crippen LogP contribution in [0, 0.1) is 0 Å². The number of esters is 1. The second-order valence-electron chi connectivity index (χ2n) is 8.82. The van der Waals surface area contributed by atoms with Crippen LogP contribution in [-0.4, -0.2) is 63.9 Å². The predicted octanol–water partition coefficient (Wildman–Crippen LogP) is 2.62. The van der Waals surface area contributed by atoms with Gasteiger partial charge < -0.3 is 29.3 Å². The Bertz CT molecular complexity index is 1050. The van der Waals surface area contributed by atoms with E-state index in [0.29, 0.717) is 0 Å². The quantitative estimate of drug-likeness (QED) is 0.229. The highest BCUT2D eigenvalue weighted by Gasteiger charge is 2.55. The molecule has 1 fully saturated rings. The molecular weight excluding hydrogens is 513 g/mol. The molecule has 2 aliphatic heterocycles. The topological polar surface area (TPSA) is 136 Å². The van der Waals surface area contributed by atoms with E-state index in [1.54, 1.807) is 51.1 Å². The van der Waals surface area contributed by atoms with Gasteiger partial charge in [-0.05, 0) is 39.8 Å². The molecule has 1 aromatic rings. The van der Waals surface area contributed by atoms with E-state index < -0.39 is 49.7 Å². The number of aliphatic hydroxyl groups excluding tert-OH is 1. The van der Waals surface area contributed by atoms with Crippen LogP contribution < -0.4 is 14.9 Å². The molecule has 0 radical (unpaired) electrons. The van der Waals surface area contributed by atoms with E-state index in [1.807, 2.05) is 0 Å². The van der Waals surface area contributed by atoms with Crippen LogP contribution in [0.25, 0.3) is 0 Å². The van der Waals surface area contributed by atoms with Gasteiger partial charge in [-0.2, -0.15) is 5.09 Å². The van der Waals surface area contributed by atoms with Crippen molar-refractivity contribution in [1.82, 2.24) is 15.3 Å². The monoisotopic (exact) mass is 543 g/mol. The van der Waals surface area contributed by atoms with Gasteiger partial charge >= 0.3 is 13.7 Å². The van der Waals surface area contributed by atoms with Gasteiger partial charge in [0.2, 0.25) is 0 Å². The average Bonchev–Trinajstić information content (AvgIpc) is 3.01. The highest BCUT2D eigenvalue weighted by atomic mass is 35.5. The predicted molar refractivity (Wildman–Crippen MR) is 132 cm³/mol. The van der Waals surface area contributed by atoms with Crippen molar-refractivity contribution < 1.29 is 37.8 Å². The summed E-state index contributed by atoms with van der Waals surface area (Å²) >= 11 is 6.63. The molecule has 6 atom stereocenters. The maximum Gasteiger partial charge on any atom is 0.459 e. The van der Waals surface area contributed by atoms with E-state index in [0.717, 1.165) is 0 Å². The second kappa shape index (κ2) is 11.3. The maximum atomic E-state index is 13.7. The van der Waals surface area contributed by atoms with E-state index in [9.17, 15) is 19.3 Å². The molecule has 3 N–H and O–H groups in total. The molecule has 198 valence electrons. The van der Waals surface area contributed by atoms with Crippen molar-refractivity contribution in [2.24, 2.45) is 0 Å². The molecular formula is C23H31ClN3O8P. The molecule has 36 heavy (non-hydrogen) atoms. The largest absolute Gasteiger partial charge is 0.462 e. The Balaban J connectivity index is 1.76. The Morgan fingerprint density at radius 3 is 2.64 bits per heavy atom. The number of halogens is 1. The van der Waals surface area contributed by atoms with Crippen molar-refractivity contribution in [2.75, 3.05) is 6.61 Å². The third-order valence-corrected chi connectivity index (χ3v) is 7.42. The Morgan fingerprint density at radius 2 is 2.03 bits per heavy atom. The molecule has 0 spiro atoms. The molecule has 0 aromatic heterocycles. The fraction of sp³-hybridized carbons (Fsp3) is 0.478. The summed E-state index contributed by atoms with van der Waals surface area (Å²) in [5.74, 6) is -0.559. The molecule has 2 heterocycles. The Kier molecular flexibility index (Phi) is 8.87. The van der Waals surface area contributed by atoms with E-state index in [4.69, 9.17) is 30.1 Å². The average molecular weight is 544 g/mol. The van der Waals surface area contributed by atoms with Gasteiger partial charge in [0.15, 0.2) is 6.23 Å². The van der Waals surface area contributed by atoms with Crippen LogP contribution >= 0.6 is 19.3 Å². The number of carbonyl (C=O) groups is 2. The summed E-state index contributed by atoms with van der Waals surface area (Å²) in [7, 11) is -4.17. The molecule has 13 heteroatoms. The Labute approximate surface area is 214 Å². The number of para-hydroxylation sites is 1.